The third-order valence-electron chi connectivity index (χ3n) is 4.06. The van der Waals surface area contributed by atoms with E-state index in [1.165, 1.54) is 16.8 Å². The molecule has 5 nitrogen and oxygen atoms in total. The molecule has 3 aromatic rings. The standard InChI is InChI=1S/C17H16N4OS2/c22-16(21-7-5-15-14(9-21)6-8-23-15)13-3-1-12(2-4-13)10-24-17-18-11-19-20-17/h1-4,6,8,11H,5,7,9-10H2,(H,18,19,20). The minimum absolute atomic E-state index is 0.112. The normalized spacial score (nSPS) is 13.8. The van der Waals surface area contributed by atoms with Gasteiger partial charge in [0.2, 0.25) is 0 Å². The zero-order valence-corrected chi connectivity index (χ0v) is 14.6. The highest BCUT2D eigenvalue weighted by molar-refractivity contribution is 7.98. The molecule has 0 atom stereocenters. The number of hydrogen-bond donors (Lipinski definition) is 1. The summed E-state index contributed by atoms with van der Waals surface area (Å²) in [5.41, 5.74) is 3.20. The van der Waals surface area contributed by atoms with Gasteiger partial charge in [0.15, 0.2) is 5.16 Å². The van der Waals surface area contributed by atoms with E-state index in [2.05, 4.69) is 26.6 Å². The van der Waals surface area contributed by atoms with E-state index in [0.717, 1.165) is 41.5 Å². The fraction of sp³-hybridized carbons (Fsp3) is 0.235. The lowest BCUT2D eigenvalue weighted by Gasteiger charge is -2.27. The summed E-state index contributed by atoms with van der Waals surface area (Å²) in [6.45, 7) is 1.52. The van der Waals surface area contributed by atoms with Gasteiger partial charge in [-0.15, -0.1) is 11.3 Å². The fourth-order valence-corrected chi connectivity index (χ4v) is 4.39. The molecule has 0 radical (unpaired) electrons. The van der Waals surface area contributed by atoms with Crippen molar-refractivity contribution in [2.75, 3.05) is 6.54 Å². The highest BCUT2D eigenvalue weighted by atomic mass is 32.2. The van der Waals surface area contributed by atoms with Gasteiger partial charge in [-0.3, -0.25) is 9.89 Å². The summed E-state index contributed by atoms with van der Waals surface area (Å²) in [5, 5.41) is 9.57. The van der Waals surface area contributed by atoms with Gasteiger partial charge in [-0.2, -0.15) is 5.10 Å². The lowest BCUT2D eigenvalue weighted by molar-refractivity contribution is 0.0736. The molecule has 0 saturated heterocycles. The number of nitrogens with zero attached hydrogens (tertiary/aromatic N) is 3. The molecule has 4 rings (SSSR count). The fourth-order valence-electron chi connectivity index (χ4n) is 2.76. The Labute approximate surface area is 148 Å². The van der Waals surface area contributed by atoms with E-state index in [0.29, 0.717) is 0 Å². The average Bonchev–Trinajstić information content (AvgIpc) is 3.30. The largest absolute Gasteiger partial charge is 0.334 e. The van der Waals surface area contributed by atoms with Crippen molar-refractivity contribution < 1.29 is 4.79 Å². The molecular weight excluding hydrogens is 340 g/mol. The molecule has 1 aliphatic rings. The first-order valence-corrected chi connectivity index (χ1v) is 9.58. The first-order valence-electron chi connectivity index (χ1n) is 7.71. The molecule has 0 bridgehead atoms. The van der Waals surface area contributed by atoms with Gasteiger partial charge in [-0.25, -0.2) is 4.98 Å². The van der Waals surface area contributed by atoms with Crippen molar-refractivity contribution in [2.45, 2.75) is 23.9 Å². The van der Waals surface area contributed by atoms with Crippen LogP contribution in [0.2, 0.25) is 0 Å². The van der Waals surface area contributed by atoms with Gasteiger partial charge in [0.25, 0.3) is 5.91 Å². The maximum absolute atomic E-state index is 12.7. The zero-order chi connectivity index (χ0) is 16.4. The molecule has 3 heterocycles. The van der Waals surface area contributed by atoms with Gasteiger partial charge >= 0.3 is 0 Å². The molecular formula is C17H16N4OS2. The van der Waals surface area contributed by atoms with Crippen LogP contribution in [0.5, 0.6) is 0 Å². The number of carbonyl (C=O) groups excluding carboxylic acids is 1. The molecule has 1 aromatic carbocycles. The third-order valence-corrected chi connectivity index (χ3v) is 6.04. The Morgan fingerprint density at radius 2 is 2.17 bits per heavy atom. The maximum atomic E-state index is 12.7. The second-order valence-corrected chi connectivity index (χ2v) is 7.59. The minimum Gasteiger partial charge on any atom is -0.334 e. The molecule has 2 aromatic heterocycles. The molecule has 1 aliphatic heterocycles. The molecule has 0 fully saturated rings. The molecule has 122 valence electrons. The number of amides is 1. The number of hydrogen-bond acceptors (Lipinski definition) is 5. The van der Waals surface area contributed by atoms with Crippen molar-refractivity contribution in [1.29, 1.82) is 0 Å². The van der Waals surface area contributed by atoms with Crippen LogP contribution in [0.4, 0.5) is 0 Å². The minimum atomic E-state index is 0.112. The van der Waals surface area contributed by atoms with Crippen molar-refractivity contribution in [3.05, 3.63) is 63.6 Å². The molecule has 1 amide bonds. The van der Waals surface area contributed by atoms with E-state index in [1.807, 2.05) is 29.2 Å². The summed E-state index contributed by atoms with van der Waals surface area (Å²) in [7, 11) is 0. The van der Waals surface area contributed by atoms with E-state index in [4.69, 9.17) is 0 Å². The number of thioether (sulfide) groups is 1. The van der Waals surface area contributed by atoms with Crippen LogP contribution in [-0.4, -0.2) is 32.5 Å². The smallest absolute Gasteiger partial charge is 0.254 e. The highest BCUT2D eigenvalue weighted by Gasteiger charge is 2.22. The highest BCUT2D eigenvalue weighted by Crippen LogP contribution is 2.25. The Kier molecular flexibility index (Phi) is 4.36. The third kappa shape index (κ3) is 3.22. The Hall–Kier alpha value is -2.12. The summed E-state index contributed by atoms with van der Waals surface area (Å²) in [5.74, 6) is 0.910. The number of rotatable bonds is 4. The molecule has 0 unspecified atom stereocenters. The van der Waals surface area contributed by atoms with Crippen LogP contribution in [0, 0.1) is 0 Å². The number of fused-ring (bicyclic) bond motifs is 1. The number of nitrogens with one attached hydrogen (secondary N) is 1. The molecule has 7 heteroatoms. The summed E-state index contributed by atoms with van der Waals surface area (Å²) in [6.07, 6.45) is 2.46. The maximum Gasteiger partial charge on any atom is 0.254 e. The van der Waals surface area contributed by atoms with Crippen molar-refractivity contribution in [1.82, 2.24) is 20.1 Å². The first-order chi connectivity index (χ1) is 11.8. The van der Waals surface area contributed by atoms with Crippen LogP contribution >= 0.6 is 23.1 Å². The van der Waals surface area contributed by atoms with Gasteiger partial charge in [-0.1, -0.05) is 23.9 Å². The summed E-state index contributed by atoms with van der Waals surface area (Å²) < 4.78 is 0. The number of aromatic amines is 1. The van der Waals surface area contributed by atoms with Gasteiger partial charge in [0, 0.05) is 29.3 Å². The van der Waals surface area contributed by atoms with Gasteiger partial charge < -0.3 is 4.90 Å². The number of carbonyl (C=O) groups is 1. The Morgan fingerprint density at radius 1 is 1.29 bits per heavy atom. The van der Waals surface area contributed by atoms with Crippen molar-refractivity contribution in [3.8, 4) is 0 Å². The van der Waals surface area contributed by atoms with Crippen molar-refractivity contribution >= 4 is 29.0 Å². The lowest BCUT2D eigenvalue weighted by Crippen LogP contribution is -2.35. The average molecular weight is 356 g/mol. The second kappa shape index (κ2) is 6.78. The first kappa shape index (κ1) is 15.4. The van der Waals surface area contributed by atoms with Crippen LogP contribution in [0.3, 0.4) is 0 Å². The SMILES string of the molecule is O=C(c1ccc(CSc2ncn[nH]2)cc1)N1CCc2sccc2C1. The summed E-state index contributed by atoms with van der Waals surface area (Å²) in [4.78, 5) is 20.1. The van der Waals surface area contributed by atoms with E-state index in [9.17, 15) is 4.79 Å². The molecule has 1 N–H and O–H groups in total. The van der Waals surface area contributed by atoms with Crippen LogP contribution in [0.25, 0.3) is 0 Å². The van der Waals surface area contributed by atoms with Crippen LogP contribution in [0.15, 0.2) is 47.2 Å². The Bertz CT molecular complexity index is 827. The van der Waals surface area contributed by atoms with Gasteiger partial charge in [0.1, 0.15) is 6.33 Å². The molecule has 0 saturated carbocycles. The number of benzene rings is 1. The molecule has 0 spiro atoms. The molecule has 24 heavy (non-hydrogen) atoms. The van der Waals surface area contributed by atoms with Crippen molar-refractivity contribution in [3.63, 3.8) is 0 Å². The van der Waals surface area contributed by atoms with Crippen LogP contribution in [-0.2, 0) is 18.7 Å². The van der Waals surface area contributed by atoms with Crippen LogP contribution < -0.4 is 0 Å². The Morgan fingerprint density at radius 3 is 2.96 bits per heavy atom. The van der Waals surface area contributed by atoms with Crippen molar-refractivity contribution in [2.24, 2.45) is 0 Å². The van der Waals surface area contributed by atoms with Crippen LogP contribution in [0.1, 0.15) is 26.4 Å². The van der Waals surface area contributed by atoms with E-state index in [1.54, 1.807) is 23.1 Å². The second-order valence-electron chi connectivity index (χ2n) is 5.62. The number of aromatic nitrogens is 3. The zero-order valence-electron chi connectivity index (χ0n) is 12.9. The van der Waals surface area contributed by atoms with Gasteiger partial charge in [-0.05, 0) is 41.1 Å². The topological polar surface area (TPSA) is 61.9 Å². The van der Waals surface area contributed by atoms with E-state index < -0.39 is 0 Å². The summed E-state index contributed by atoms with van der Waals surface area (Å²) in [6, 6.07) is 9.99. The predicted octanol–water partition coefficient (Wildman–Crippen LogP) is 3.36. The Balaban J connectivity index is 1.40. The number of H-pyrrole nitrogens is 1. The monoisotopic (exact) mass is 356 g/mol. The molecule has 0 aliphatic carbocycles. The number of thiophene rings is 1. The van der Waals surface area contributed by atoms with Gasteiger partial charge in [0.05, 0.1) is 0 Å². The predicted molar refractivity (Wildman–Crippen MR) is 95.1 cm³/mol. The van der Waals surface area contributed by atoms with E-state index >= 15 is 0 Å². The summed E-state index contributed by atoms with van der Waals surface area (Å²) >= 11 is 3.38. The quantitative estimate of drug-likeness (QED) is 0.728. The van der Waals surface area contributed by atoms with E-state index in [-0.39, 0.29) is 5.91 Å². The lowest BCUT2D eigenvalue weighted by atomic mass is 10.1.